The maximum absolute atomic E-state index is 14.8. The van der Waals surface area contributed by atoms with Gasteiger partial charge in [-0.1, -0.05) is 37.0 Å². The molecule has 1 fully saturated rings. The number of methoxy groups -OCH3 is 2. The van der Waals surface area contributed by atoms with Gasteiger partial charge in [0.1, 0.15) is 9.91 Å². The van der Waals surface area contributed by atoms with Gasteiger partial charge in [0, 0.05) is 18.6 Å². The van der Waals surface area contributed by atoms with Crippen LogP contribution in [0.2, 0.25) is 0 Å². The summed E-state index contributed by atoms with van der Waals surface area (Å²) >= 11 is 11.3. The summed E-state index contributed by atoms with van der Waals surface area (Å²) in [4.78, 5) is 12.5. The van der Waals surface area contributed by atoms with Gasteiger partial charge in [-0.15, -0.1) is 0 Å². The maximum Gasteiger partial charge on any atom is 0.317 e. The molecule has 2 atom stereocenters. The molecule has 1 unspecified atom stereocenters. The van der Waals surface area contributed by atoms with Crippen LogP contribution in [0, 0.1) is 34.6 Å². The van der Waals surface area contributed by atoms with Crippen LogP contribution in [0.5, 0.6) is 0 Å². The highest BCUT2D eigenvalue weighted by Gasteiger charge is 2.78. The van der Waals surface area contributed by atoms with Gasteiger partial charge in [-0.3, -0.25) is 4.79 Å². The molecule has 1 aromatic carbocycles. The third kappa shape index (κ3) is 2.72. The molecule has 26 heavy (non-hydrogen) atoms. The van der Waals surface area contributed by atoms with Crippen molar-refractivity contribution >= 4 is 29.2 Å². The molecule has 0 saturated heterocycles. The zero-order chi connectivity index (χ0) is 20.0. The van der Waals surface area contributed by atoms with Crippen molar-refractivity contribution in [2.24, 2.45) is 11.3 Å². The predicted octanol–water partition coefficient (Wildman–Crippen LogP) is 4.78. The number of carbonyl (C=O) groups is 1. The second-order valence-corrected chi connectivity index (χ2v) is 7.51. The lowest BCUT2D eigenvalue weighted by Gasteiger charge is -2.21. The molecule has 0 spiro atoms. The molecule has 2 rings (SSSR count). The molecule has 1 aliphatic carbocycles. The summed E-state index contributed by atoms with van der Waals surface area (Å²) < 4.78 is 67.3. The minimum absolute atomic E-state index is 0.258. The largest absolute Gasteiger partial charge is 0.468 e. The van der Waals surface area contributed by atoms with Crippen molar-refractivity contribution in [2.75, 3.05) is 14.2 Å². The number of esters is 1. The van der Waals surface area contributed by atoms with Crippen LogP contribution in [0.3, 0.4) is 0 Å². The van der Waals surface area contributed by atoms with E-state index in [0.717, 1.165) is 14.2 Å². The van der Waals surface area contributed by atoms with Gasteiger partial charge >= 0.3 is 5.97 Å². The summed E-state index contributed by atoms with van der Waals surface area (Å²) in [5.74, 6) is -8.64. The van der Waals surface area contributed by atoms with Crippen LogP contribution >= 0.6 is 23.2 Å². The van der Waals surface area contributed by atoms with Crippen LogP contribution in [-0.2, 0) is 26.3 Å². The minimum Gasteiger partial charge on any atom is -0.468 e. The number of benzene rings is 1. The Balaban J connectivity index is 2.86. The number of ether oxygens (including phenoxy) is 2. The number of hydrogen-bond donors (Lipinski definition) is 0. The molecule has 1 saturated carbocycles. The fourth-order valence-electron chi connectivity index (χ4n) is 3.69. The van der Waals surface area contributed by atoms with E-state index in [-0.39, 0.29) is 4.49 Å². The van der Waals surface area contributed by atoms with Gasteiger partial charge in [0.05, 0.1) is 19.3 Å². The zero-order valence-corrected chi connectivity index (χ0v) is 15.9. The average molecular weight is 415 g/mol. The average Bonchev–Trinajstić information content (AvgIpc) is 3.04. The van der Waals surface area contributed by atoms with Crippen LogP contribution in [0.1, 0.15) is 25.0 Å². The number of hydrogen-bond acceptors (Lipinski definition) is 3. The Kier molecular flexibility index (Phi) is 5.67. The molecule has 1 aromatic rings. The van der Waals surface area contributed by atoms with Crippen LogP contribution in [0.4, 0.5) is 17.6 Å². The van der Waals surface area contributed by atoms with Crippen molar-refractivity contribution in [3.05, 3.63) is 45.0 Å². The Labute approximate surface area is 157 Å². The molecule has 9 heteroatoms. The molecule has 1 aliphatic rings. The van der Waals surface area contributed by atoms with Crippen molar-refractivity contribution in [1.29, 1.82) is 0 Å². The summed E-state index contributed by atoms with van der Waals surface area (Å²) in [5, 5.41) is 0. The van der Waals surface area contributed by atoms with E-state index in [1.807, 2.05) is 0 Å². The normalized spacial score (nSPS) is 23.5. The van der Waals surface area contributed by atoms with Crippen molar-refractivity contribution < 1.29 is 31.8 Å². The van der Waals surface area contributed by atoms with E-state index in [2.05, 4.69) is 9.47 Å². The molecule has 0 heterocycles. The van der Waals surface area contributed by atoms with Crippen LogP contribution in [-0.4, -0.2) is 20.2 Å². The van der Waals surface area contributed by atoms with Crippen molar-refractivity contribution in [3.8, 4) is 0 Å². The first kappa shape index (κ1) is 21.0. The highest BCUT2D eigenvalue weighted by atomic mass is 35.5. The number of halogens is 6. The Morgan fingerprint density at radius 3 is 1.96 bits per heavy atom. The molecular weight excluding hydrogens is 399 g/mol. The number of carbonyl (C=O) groups excluding carboxylic acids is 1. The molecule has 0 aliphatic heterocycles. The molecule has 0 radical (unpaired) electrons. The zero-order valence-electron chi connectivity index (χ0n) is 14.4. The topological polar surface area (TPSA) is 35.5 Å². The molecule has 0 amide bonds. The van der Waals surface area contributed by atoms with Crippen LogP contribution < -0.4 is 0 Å². The third-order valence-corrected chi connectivity index (χ3v) is 5.27. The third-order valence-electron chi connectivity index (χ3n) is 5.01. The maximum atomic E-state index is 14.8. The predicted molar refractivity (Wildman–Crippen MR) is 87.7 cm³/mol. The Hall–Kier alpha value is -1.31. The Bertz CT molecular complexity index is 762. The SMILES string of the molecule is COCc1c(F)c(F)c([C@@]2(C(=O)OC)C(C=C(Cl)Cl)C2(C)C)c(F)c1F. The van der Waals surface area contributed by atoms with Crippen molar-refractivity contribution in [2.45, 2.75) is 25.9 Å². The summed E-state index contributed by atoms with van der Waals surface area (Å²) in [5.41, 5.74) is -5.16. The van der Waals surface area contributed by atoms with Crippen LogP contribution in [0.15, 0.2) is 10.6 Å². The highest BCUT2D eigenvalue weighted by Crippen LogP contribution is 2.71. The van der Waals surface area contributed by atoms with Crippen LogP contribution in [0.25, 0.3) is 0 Å². The van der Waals surface area contributed by atoms with Gasteiger partial charge in [-0.25, -0.2) is 17.6 Å². The lowest BCUT2D eigenvalue weighted by Crippen LogP contribution is -2.32. The monoisotopic (exact) mass is 414 g/mol. The van der Waals surface area contributed by atoms with Gasteiger partial charge in [-0.2, -0.15) is 0 Å². The summed E-state index contributed by atoms with van der Waals surface area (Å²) in [7, 11) is 2.12. The fourth-order valence-corrected chi connectivity index (χ4v) is 3.94. The molecule has 0 bridgehead atoms. The van der Waals surface area contributed by atoms with E-state index in [9.17, 15) is 22.4 Å². The van der Waals surface area contributed by atoms with E-state index in [1.54, 1.807) is 0 Å². The molecule has 144 valence electrons. The van der Waals surface area contributed by atoms with E-state index >= 15 is 0 Å². The van der Waals surface area contributed by atoms with E-state index in [1.165, 1.54) is 19.9 Å². The first-order chi connectivity index (χ1) is 12.0. The summed E-state index contributed by atoms with van der Waals surface area (Å²) in [6.07, 6.45) is 1.19. The van der Waals surface area contributed by atoms with Crippen molar-refractivity contribution in [1.82, 2.24) is 0 Å². The first-order valence-electron chi connectivity index (χ1n) is 7.45. The second-order valence-electron chi connectivity index (χ2n) is 6.50. The number of rotatable bonds is 5. The summed E-state index contributed by atoms with van der Waals surface area (Å²) in [6, 6.07) is 0. The van der Waals surface area contributed by atoms with E-state index < -0.39 is 63.7 Å². The van der Waals surface area contributed by atoms with Crippen molar-refractivity contribution in [3.63, 3.8) is 0 Å². The standard InChI is InChI=1S/C17H16Cl2F4O3/c1-16(2)8(5-9(18)19)17(16,15(24)26-4)10-13(22)11(20)7(6-25-3)12(21)14(10)23/h5,8H,6H2,1-4H3/t8?,17-/m1/s1. The first-order valence-corrected chi connectivity index (χ1v) is 8.21. The van der Waals surface area contributed by atoms with Gasteiger partial charge in [0.2, 0.25) is 0 Å². The van der Waals surface area contributed by atoms with Gasteiger partial charge in [-0.05, 0) is 11.5 Å². The molecular formula is C17H16Cl2F4O3. The lowest BCUT2D eigenvalue weighted by atomic mass is 9.85. The number of allylic oxidation sites excluding steroid dienone is 1. The van der Waals surface area contributed by atoms with E-state index in [4.69, 9.17) is 23.2 Å². The van der Waals surface area contributed by atoms with E-state index in [0.29, 0.717) is 0 Å². The molecule has 3 nitrogen and oxygen atoms in total. The lowest BCUT2D eigenvalue weighted by molar-refractivity contribution is -0.145. The van der Waals surface area contributed by atoms with Gasteiger partial charge in [0.15, 0.2) is 23.3 Å². The Morgan fingerprint density at radius 2 is 1.58 bits per heavy atom. The fraction of sp³-hybridized carbons (Fsp3) is 0.471. The molecule has 0 aromatic heterocycles. The summed E-state index contributed by atoms with van der Waals surface area (Å²) in [6.45, 7) is 2.29. The quantitative estimate of drug-likeness (QED) is 0.395. The highest BCUT2D eigenvalue weighted by molar-refractivity contribution is 6.55. The van der Waals surface area contributed by atoms with Gasteiger partial charge < -0.3 is 9.47 Å². The second kappa shape index (κ2) is 7.02. The smallest absolute Gasteiger partial charge is 0.317 e. The van der Waals surface area contributed by atoms with Gasteiger partial charge in [0.25, 0.3) is 0 Å². The molecule has 0 N–H and O–H groups in total. The Morgan fingerprint density at radius 1 is 1.08 bits per heavy atom. The minimum atomic E-state index is -2.03.